The number of amides is 2. The Morgan fingerprint density at radius 3 is 2.50 bits per heavy atom. The zero-order valence-corrected chi connectivity index (χ0v) is 15.3. The van der Waals surface area contributed by atoms with Gasteiger partial charge in [0.15, 0.2) is 0 Å². The summed E-state index contributed by atoms with van der Waals surface area (Å²) in [5.74, 6) is -0.198. The number of halogens is 1. The highest BCUT2D eigenvalue weighted by atomic mass is 35.5. The molecule has 1 aliphatic heterocycles. The average molecular weight is 355 g/mol. The lowest BCUT2D eigenvalue weighted by molar-refractivity contribution is -0.118. The van der Waals surface area contributed by atoms with Crippen molar-refractivity contribution in [3.05, 3.63) is 24.3 Å². The number of carbonyl (C=O) groups excluding carboxylic acids is 2. The summed E-state index contributed by atoms with van der Waals surface area (Å²) in [5, 5.41) is 5.58. The third-order valence-corrected chi connectivity index (χ3v) is 4.23. The normalized spacial score (nSPS) is 19.9. The van der Waals surface area contributed by atoms with Crippen molar-refractivity contribution >= 4 is 35.6 Å². The molecule has 1 heterocycles. The second-order valence-electron chi connectivity index (χ2n) is 6.90. The smallest absolute Gasteiger partial charge is 0.238 e. The summed E-state index contributed by atoms with van der Waals surface area (Å²) < 4.78 is 0. The van der Waals surface area contributed by atoms with Gasteiger partial charge in [-0.05, 0) is 30.0 Å². The van der Waals surface area contributed by atoms with E-state index in [0.717, 1.165) is 19.5 Å². The van der Waals surface area contributed by atoms with Crippen molar-refractivity contribution < 1.29 is 9.59 Å². The maximum absolute atomic E-state index is 12.2. The van der Waals surface area contributed by atoms with Gasteiger partial charge in [-0.2, -0.15) is 0 Å². The first-order valence-electron chi connectivity index (χ1n) is 7.92. The quantitative estimate of drug-likeness (QED) is 0.772. The summed E-state index contributed by atoms with van der Waals surface area (Å²) in [6.45, 7) is 7.73. The van der Waals surface area contributed by atoms with Crippen molar-refractivity contribution in [2.75, 3.05) is 30.3 Å². The Morgan fingerprint density at radius 2 is 1.92 bits per heavy atom. The van der Waals surface area contributed by atoms with Crippen molar-refractivity contribution in [3.8, 4) is 0 Å². The number of rotatable bonds is 4. The van der Waals surface area contributed by atoms with Crippen molar-refractivity contribution in [3.63, 3.8) is 0 Å². The first-order valence-corrected chi connectivity index (χ1v) is 7.92. The number of hydrogen-bond acceptors (Lipinski definition) is 4. The molecular formula is C17H27ClN4O2. The Balaban J connectivity index is 0.00000288. The molecule has 1 aromatic rings. The molecule has 0 spiro atoms. The van der Waals surface area contributed by atoms with Crippen molar-refractivity contribution in [1.29, 1.82) is 0 Å². The van der Waals surface area contributed by atoms with Gasteiger partial charge in [-0.1, -0.05) is 19.9 Å². The molecule has 0 radical (unpaired) electrons. The minimum atomic E-state index is -0.139. The summed E-state index contributed by atoms with van der Waals surface area (Å²) in [5.41, 5.74) is 7.48. The van der Waals surface area contributed by atoms with E-state index in [9.17, 15) is 9.59 Å². The zero-order chi connectivity index (χ0) is 17.0. The maximum Gasteiger partial charge on any atom is 0.238 e. The molecule has 24 heavy (non-hydrogen) atoms. The Hall–Kier alpha value is -1.63. The highest BCUT2D eigenvalue weighted by molar-refractivity contribution is 5.94. The fourth-order valence-electron chi connectivity index (χ4n) is 2.90. The molecule has 1 aromatic carbocycles. The minimum Gasteiger partial charge on any atom is -0.327 e. The topological polar surface area (TPSA) is 87.5 Å². The SMILES string of the molecule is CC(=O)Nc1cccc(NC(=O)CN2CCC(N)C(C)(C)C2)c1.Cl. The van der Waals surface area contributed by atoms with Crippen molar-refractivity contribution in [1.82, 2.24) is 4.90 Å². The molecule has 1 saturated heterocycles. The second-order valence-corrected chi connectivity index (χ2v) is 6.90. The van der Waals surface area contributed by atoms with Crippen LogP contribution in [0.1, 0.15) is 27.2 Å². The van der Waals surface area contributed by atoms with Crippen LogP contribution in [0.4, 0.5) is 11.4 Å². The number of hydrogen-bond donors (Lipinski definition) is 3. The van der Waals surface area contributed by atoms with Crippen LogP contribution in [-0.2, 0) is 9.59 Å². The predicted octanol–water partition coefficient (Wildman–Crippen LogP) is 2.06. The van der Waals surface area contributed by atoms with Crippen LogP contribution in [0.25, 0.3) is 0 Å². The van der Waals surface area contributed by atoms with Crippen LogP contribution in [0.5, 0.6) is 0 Å². The average Bonchev–Trinajstić information content (AvgIpc) is 2.42. The number of benzene rings is 1. The van der Waals surface area contributed by atoms with Crippen LogP contribution in [0.15, 0.2) is 24.3 Å². The highest BCUT2D eigenvalue weighted by Crippen LogP contribution is 2.27. The molecule has 1 aliphatic rings. The van der Waals surface area contributed by atoms with E-state index in [0.29, 0.717) is 17.9 Å². The number of likely N-dealkylation sites (tertiary alicyclic amines) is 1. The predicted molar refractivity (Wildman–Crippen MR) is 99.4 cm³/mol. The van der Waals surface area contributed by atoms with E-state index in [1.165, 1.54) is 6.92 Å². The van der Waals surface area contributed by atoms with Gasteiger partial charge < -0.3 is 16.4 Å². The van der Waals surface area contributed by atoms with Gasteiger partial charge in [0, 0.05) is 37.4 Å². The minimum absolute atomic E-state index is 0. The standard InChI is InChI=1S/C17H26N4O2.ClH/c1-12(22)19-13-5-4-6-14(9-13)20-16(23)10-21-8-7-15(18)17(2,3)11-21;/h4-6,9,15H,7-8,10-11,18H2,1-3H3,(H,19,22)(H,20,23);1H. The van der Waals surface area contributed by atoms with Gasteiger partial charge >= 0.3 is 0 Å². The highest BCUT2D eigenvalue weighted by Gasteiger charge is 2.33. The molecule has 7 heteroatoms. The van der Waals surface area contributed by atoms with E-state index in [2.05, 4.69) is 29.4 Å². The summed E-state index contributed by atoms with van der Waals surface area (Å²) in [7, 11) is 0. The van der Waals surface area contributed by atoms with Crippen LogP contribution in [0.3, 0.4) is 0 Å². The van der Waals surface area contributed by atoms with E-state index in [-0.39, 0.29) is 35.7 Å². The van der Waals surface area contributed by atoms with Crippen molar-refractivity contribution in [2.24, 2.45) is 11.1 Å². The molecule has 0 bridgehead atoms. The van der Waals surface area contributed by atoms with E-state index >= 15 is 0 Å². The van der Waals surface area contributed by atoms with Gasteiger partial charge in [0.05, 0.1) is 6.54 Å². The first-order chi connectivity index (χ1) is 10.8. The fourth-order valence-corrected chi connectivity index (χ4v) is 2.90. The number of nitrogens with one attached hydrogen (secondary N) is 2. The summed E-state index contributed by atoms with van der Waals surface area (Å²) in [6, 6.07) is 7.31. The molecule has 1 unspecified atom stereocenters. The zero-order valence-electron chi connectivity index (χ0n) is 14.5. The van der Waals surface area contributed by atoms with Crippen LogP contribution in [0.2, 0.25) is 0 Å². The largest absolute Gasteiger partial charge is 0.327 e. The maximum atomic E-state index is 12.2. The summed E-state index contributed by atoms with van der Waals surface area (Å²) in [4.78, 5) is 25.5. The molecular weight excluding hydrogens is 328 g/mol. The second kappa shape index (κ2) is 8.46. The van der Waals surface area contributed by atoms with Crippen LogP contribution in [-0.4, -0.2) is 42.4 Å². The van der Waals surface area contributed by atoms with Gasteiger partial charge in [0.1, 0.15) is 0 Å². The Kier molecular flexibility index (Phi) is 7.20. The first kappa shape index (κ1) is 20.4. The Bertz CT molecular complexity index is 592. The van der Waals surface area contributed by atoms with E-state index in [4.69, 9.17) is 5.73 Å². The number of piperidine rings is 1. The van der Waals surface area contributed by atoms with Gasteiger partial charge in [-0.3, -0.25) is 14.5 Å². The van der Waals surface area contributed by atoms with Gasteiger partial charge in [-0.25, -0.2) is 0 Å². The van der Waals surface area contributed by atoms with Gasteiger partial charge in [0.25, 0.3) is 0 Å². The lowest BCUT2D eigenvalue weighted by atomic mass is 9.80. The number of carbonyl (C=O) groups is 2. The molecule has 1 atom stereocenters. The Labute approximate surface area is 149 Å². The van der Waals surface area contributed by atoms with E-state index < -0.39 is 0 Å². The fraction of sp³-hybridized carbons (Fsp3) is 0.529. The lowest BCUT2D eigenvalue weighted by Gasteiger charge is -2.42. The lowest BCUT2D eigenvalue weighted by Crippen LogP contribution is -2.53. The third-order valence-electron chi connectivity index (χ3n) is 4.23. The molecule has 134 valence electrons. The summed E-state index contributed by atoms with van der Waals surface area (Å²) >= 11 is 0. The van der Waals surface area contributed by atoms with Crippen LogP contribution >= 0.6 is 12.4 Å². The molecule has 4 N–H and O–H groups in total. The van der Waals surface area contributed by atoms with Crippen molar-refractivity contribution in [2.45, 2.75) is 33.2 Å². The van der Waals surface area contributed by atoms with Crippen LogP contribution < -0.4 is 16.4 Å². The number of anilines is 2. The van der Waals surface area contributed by atoms with E-state index in [1.807, 2.05) is 0 Å². The molecule has 0 aromatic heterocycles. The van der Waals surface area contributed by atoms with Gasteiger partial charge in [-0.15, -0.1) is 12.4 Å². The van der Waals surface area contributed by atoms with E-state index in [1.54, 1.807) is 24.3 Å². The molecule has 0 saturated carbocycles. The number of nitrogens with zero attached hydrogens (tertiary/aromatic N) is 1. The third kappa shape index (κ3) is 5.78. The summed E-state index contributed by atoms with van der Waals surface area (Å²) in [6.07, 6.45) is 0.901. The molecule has 2 amide bonds. The Morgan fingerprint density at radius 1 is 1.29 bits per heavy atom. The van der Waals surface area contributed by atoms with Gasteiger partial charge in [0.2, 0.25) is 11.8 Å². The molecule has 2 rings (SSSR count). The number of nitrogens with two attached hydrogens (primary N) is 1. The van der Waals surface area contributed by atoms with Crippen LogP contribution in [0, 0.1) is 5.41 Å². The molecule has 6 nitrogen and oxygen atoms in total. The monoisotopic (exact) mass is 354 g/mol. The molecule has 0 aliphatic carbocycles. The molecule has 1 fully saturated rings.